The first-order valence-corrected chi connectivity index (χ1v) is 6.88. The fraction of sp³-hybridized carbons (Fsp3) is 0.188. The van der Waals surface area contributed by atoms with E-state index >= 15 is 0 Å². The topological polar surface area (TPSA) is 71.8 Å². The predicted octanol–water partition coefficient (Wildman–Crippen LogP) is 2.94. The highest BCUT2D eigenvalue weighted by Crippen LogP contribution is 2.39. The first kappa shape index (κ1) is 16.1. The van der Waals surface area contributed by atoms with E-state index in [9.17, 15) is 23.1 Å². The van der Waals surface area contributed by atoms with Crippen LogP contribution < -0.4 is 0 Å². The van der Waals surface area contributed by atoms with Gasteiger partial charge < -0.3 is 9.94 Å². The van der Waals surface area contributed by atoms with Gasteiger partial charge in [0.25, 0.3) is 0 Å². The second kappa shape index (κ2) is 5.72. The summed E-state index contributed by atoms with van der Waals surface area (Å²) in [5.41, 5.74) is 2.10. The number of halogens is 3. The molecule has 0 aliphatic carbocycles. The van der Waals surface area contributed by atoms with Crippen LogP contribution >= 0.6 is 0 Å². The Hall–Kier alpha value is -2.74. The maximum atomic E-state index is 12.7. The molecule has 0 amide bonds. The lowest BCUT2D eigenvalue weighted by molar-refractivity contribution is -0.355. The summed E-state index contributed by atoms with van der Waals surface area (Å²) in [5.74, 6) is -3.29. The summed E-state index contributed by atoms with van der Waals surface area (Å²) in [4.78, 5) is 19.1. The SMILES string of the molecule is O=Cc1ccnc(-c2ccc(C3=NOC(O)(C(F)(F)F)C3)cc2)c1. The van der Waals surface area contributed by atoms with Gasteiger partial charge in [0.05, 0.1) is 17.8 Å². The third kappa shape index (κ3) is 2.88. The van der Waals surface area contributed by atoms with Gasteiger partial charge in [-0.05, 0) is 17.7 Å². The number of hydrogen-bond donors (Lipinski definition) is 1. The zero-order valence-electron chi connectivity index (χ0n) is 12.1. The lowest BCUT2D eigenvalue weighted by Gasteiger charge is -2.22. The first-order chi connectivity index (χ1) is 11.3. The first-order valence-electron chi connectivity index (χ1n) is 6.88. The van der Waals surface area contributed by atoms with Gasteiger partial charge in [-0.1, -0.05) is 29.4 Å². The van der Waals surface area contributed by atoms with Crippen LogP contribution in [0.2, 0.25) is 0 Å². The van der Waals surface area contributed by atoms with Crippen molar-refractivity contribution in [1.29, 1.82) is 0 Å². The highest BCUT2D eigenvalue weighted by atomic mass is 19.4. The maximum absolute atomic E-state index is 12.7. The van der Waals surface area contributed by atoms with Gasteiger partial charge >= 0.3 is 12.0 Å². The molecule has 0 bridgehead atoms. The monoisotopic (exact) mass is 336 g/mol. The van der Waals surface area contributed by atoms with Crippen molar-refractivity contribution >= 4 is 12.0 Å². The molecule has 124 valence electrons. The number of pyridine rings is 1. The molecule has 1 aromatic carbocycles. The molecule has 0 fully saturated rings. The summed E-state index contributed by atoms with van der Waals surface area (Å²) in [6, 6.07) is 9.54. The van der Waals surface area contributed by atoms with Gasteiger partial charge in [0.2, 0.25) is 0 Å². The number of rotatable bonds is 3. The number of aldehydes is 1. The Bertz CT molecular complexity index is 803. The molecule has 8 heteroatoms. The molecular formula is C16H11F3N2O3. The van der Waals surface area contributed by atoms with Crippen LogP contribution in [0.5, 0.6) is 0 Å². The van der Waals surface area contributed by atoms with E-state index in [-0.39, 0.29) is 5.71 Å². The van der Waals surface area contributed by atoms with E-state index in [0.29, 0.717) is 28.7 Å². The normalized spacial score (nSPS) is 20.4. The fourth-order valence-electron chi connectivity index (χ4n) is 2.24. The van der Waals surface area contributed by atoms with Crippen molar-refractivity contribution in [3.63, 3.8) is 0 Å². The zero-order chi connectivity index (χ0) is 17.4. The molecule has 24 heavy (non-hydrogen) atoms. The van der Waals surface area contributed by atoms with Crippen LogP contribution in [0.15, 0.2) is 47.8 Å². The Morgan fingerprint density at radius 3 is 2.42 bits per heavy atom. The summed E-state index contributed by atoms with van der Waals surface area (Å²) >= 11 is 0. The van der Waals surface area contributed by atoms with E-state index in [1.807, 2.05) is 0 Å². The number of alkyl halides is 3. The van der Waals surface area contributed by atoms with Crippen molar-refractivity contribution in [2.24, 2.45) is 5.16 Å². The minimum Gasteiger partial charge on any atom is -0.350 e. The van der Waals surface area contributed by atoms with Crippen LogP contribution in [0.3, 0.4) is 0 Å². The Balaban J connectivity index is 1.82. The van der Waals surface area contributed by atoms with E-state index in [2.05, 4.69) is 15.0 Å². The Kier molecular flexibility index (Phi) is 3.84. The summed E-state index contributed by atoms with van der Waals surface area (Å²) in [7, 11) is 0. The van der Waals surface area contributed by atoms with Crippen molar-refractivity contribution < 1.29 is 27.9 Å². The van der Waals surface area contributed by atoms with Crippen molar-refractivity contribution in [2.45, 2.75) is 18.4 Å². The average Bonchev–Trinajstić information content (AvgIpc) is 2.99. The van der Waals surface area contributed by atoms with E-state index < -0.39 is 18.4 Å². The second-order valence-corrected chi connectivity index (χ2v) is 5.26. The number of nitrogens with zero attached hydrogens (tertiary/aromatic N) is 2. The summed E-state index contributed by atoms with van der Waals surface area (Å²) in [6.07, 6.45) is -3.53. The second-order valence-electron chi connectivity index (χ2n) is 5.26. The zero-order valence-corrected chi connectivity index (χ0v) is 12.1. The minimum atomic E-state index is -4.93. The summed E-state index contributed by atoms with van der Waals surface area (Å²) in [6.45, 7) is 0. The Labute approximate surface area is 134 Å². The van der Waals surface area contributed by atoms with Crippen LogP contribution in [-0.4, -0.2) is 34.1 Å². The Morgan fingerprint density at radius 2 is 1.83 bits per heavy atom. The number of carbonyl (C=O) groups is 1. The van der Waals surface area contributed by atoms with Crippen LogP contribution in [0.1, 0.15) is 22.3 Å². The van der Waals surface area contributed by atoms with Crippen LogP contribution in [0.25, 0.3) is 11.3 Å². The number of hydrogen-bond acceptors (Lipinski definition) is 5. The van der Waals surface area contributed by atoms with Gasteiger partial charge in [-0.2, -0.15) is 13.2 Å². The fourth-order valence-corrected chi connectivity index (χ4v) is 2.24. The third-order valence-corrected chi connectivity index (χ3v) is 3.59. The van der Waals surface area contributed by atoms with Crippen LogP contribution in [-0.2, 0) is 4.84 Å². The molecule has 1 N–H and O–H groups in total. The Morgan fingerprint density at radius 1 is 1.17 bits per heavy atom. The van der Waals surface area contributed by atoms with Crippen molar-refractivity contribution in [1.82, 2.24) is 4.98 Å². The molecule has 1 atom stereocenters. The largest absolute Gasteiger partial charge is 0.458 e. The molecule has 2 aromatic rings. The van der Waals surface area contributed by atoms with E-state index in [1.54, 1.807) is 36.4 Å². The van der Waals surface area contributed by atoms with Gasteiger partial charge in [0.15, 0.2) is 0 Å². The molecule has 0 spiro atoms. The molecule has 3 rings (SSSR count). The van der Waals surface area contributed by atoms with E-state index in [0.717, 1.165) is 0 Å². The van der Waals surface area contributed by atoms with Crippen molar-refractivity contribution in [3.8, 4) is 11.3 Å². The quantitative estimate of drug-likeness (QED) is 0.875. The van der Waals surface area contributed by atoms with Gasteiger partial charge in [-0.3, -0.25) is 9.78 Å². The third-order valence-electron chi connectivity index (χ3n) is 3.59. The molecule has 1 unspecified atom stereocenters. The van der Waals surface area contributed by atoms with Crippen molar-refractivity contribution in [2.75, 3.05) is 0 Å². The number of benzene rings is 1. The van der Waals surface area contributed by atoms with Gasteiger partial charge in [0.1, 0.15) is 6.29 Å². The number of oxime groups is 1. The van der Waals surface area contributed by atoms with Crippen LogP contribution in [0.4, 0.5) is 13.2 Å². The van der Waals surface area contributed by atoms with Gasteiger partial charge in [-0.15, -0.1) is 0 Å². The molecule has 0 saturated heterocycles. The minimum absolute atomic E-state index is 0.00373. The highest BCUT2D eigenvalue weighted by Gasteiger charge is 2.60. The molecule has 1 aromatic heterocycles. The van der Waals surface area contributed by atoms with Gasteiger partial charge in [-0.25, -0.2) is 0 Å². The number of aliphatic hydroxyl groups is 1. The molecular weight excluding hydrogens is 325 g/mol. The van der Waals surface area contributed by atoms with Gasteiger partial charge in [0, 0.05) is 17.3 Å². The highest BCUT2D eigenvalue weighted by molar-refractivity contribution is 6.01. The average molecular weight is 336 g/mol. The number of aromatic nitrogens is 1. The number of carbonyl (C=O) groups excluding carboxylic acids is 1. The van der Waals surface area contributed by atoms with E-state index in [4.69, 9.17) is 0 Å². The molecule has 1 aliphatic heterocycles. The summed E-state index contributed by atoms with van der Waals surface area (Å²) in [5, 5.41) is 12.8. The lowest BCUT2D eigenvalue weighted by Crippen LogP contribution is -2.45. The van der Waals surface area contributed by atoms with Crippen molar-refractivity contribution in [3.05, 3.63) is 53.7 Å². The predicted molar refractivity (Wildman–Crippen MR) is 78.3 cm³/mol. The standard InChI is InChI=1S/C16H11F3N2O3/c17-16(18,19)15(23)8-14(21-24-15)12-3-1-11(2-4-12)13-7-10(9-22)5-6-20-13/h1-7,9,23H,8H2. The molecule has 0 saturated carbocycles. The van der Waals surface area contributed by atoms with Crippen LogP contribution in [0, 0.1) is 0 Å². The van der Waals surface area contributed by atoms with E-state index in [1.165, 1.54) is 6.20 Å². The smallest absolute Gasteiger partial charge is 0.350 e. The lowest BCUT2D eigenvalue weighted by atomic mass is 10.0. The molecule has 0 radical (unpaired) electrons. The summed E-state index contributed by atoms with van der Waals surface area (Å²) < 4.78 is 38.1. The maximum Gasteiger partial charge on any atom is 0.458 e. The molecule has 1 aliphatic rings. The molecule has 2 heterocycles. The molecule has 5 nitrogen and oxygen atoms in total.